The van der Waals surface area contributed by atoms with E-state index in [4.69, 9.17) is 41.0 Å². The molecule has 0 saturated heterocycles. The van der Waals surface area contributed by atoms with Crippen LogP contribution in [0.15, 0.2) is 46.8 Å². The predicted molar refractivity (Wildman–Crippen MR) is 141 cm³/mol. The van der Waals surface area contributed by atoms with Crippen LogP contribution in [0.4, 0.5) is 0 Å². The Kier molecular flexibility index (Phi) is 12.7. The Morgan fingerprint density at radius 1 is 1.05 bits per heavy atom. The molecule has 1 aromatic carbocycles. The van der Waals surface area contributed by atoms with Gasteiger partial charge in [-0.1, -0.05) is 23.7 Å². The molecule has 2 rings (SSSR count). The molecule has 0 aliphatic carbocycles. The lowest BCUT2D eigenvalue weighted by molar-refractivity contribution is -0.184. The highest BCUT2D eigenvalue weighted by molar-refractivity contribution is 6.30. The van der Waals surface area contributed by atoms with Gasteiger partial charge in [-0.05, 0) is 31.5 Å². The maximum Gasteiger partial charge on any atom is 0.339 e. The van der Waals surface area contributed by atoms with Crippen molar-refractivity contribution in [1.29, 1.82) is 0 Å². The average molecular weight is 601 g/mol. The van der Waals surface area contributed by atoms with Gasteiger partial charge in [-0.3, -0.25) is 0 Å². The Bertz CT molecular complexity index is 1200. The van der Waals surface area contributed by atoms with Crippen LogP contribution >= 0.6 is 11.6 Å². The highest BCUT2D eigenvalue weighted by Crippen LogP contribution is 2.48. The van der Waals surface area contributed by atoms with Crippen molar-refractivity contribution in [3.63, 3.8) is 0 Å². The number of carbonyl (C=O) groups is 4. The number of methoxy groups -OCH3 is 1. The van der Waals surface area contributed by atoms with Crippen molar-refractivity contribution >= 4 is 35.5 Å². The van der Waals surface area contributed by atoms with Gasteiger partial charge in [-0.2, -0.15) is 0 Å². The third-order valence-electron chi connectivity index (χ3n) is 5.79. The van der Waals surface area contributed by atoms with Crippen LogP contribution in [0.3, 0.4) is 0 Å². The minimum Gasteiger partial charge on any atom is -0.479 e. The smallest absolute Gasteiger partial charge is 0.339 e. The van der Waals surface area contributed by atoms with Crippen molar-refractivity contribution in [2.75, 3.05) is 46.7 Å². The first kappa shape index (κ1) is 33.7. The number of carboxylic acids is 2. The molecule has 0 radical (unpaired) electrons. The molecule has 14 nitrogen and oxygen atoms in total. The predicted octanol–water partition coefficient (Wildman–Crippen LogP) is 0.310. The van der Waals surface area contributed by atoms with Gasteiger partial charge in [0.1, 0.15) is 0 Å². The number of benzene rings is 1. The number of aliphatic hydroxyl groups excluding tert-OH is 1. The van der Waals surface area contributed by atoms with E-state index in [-0.39, 0.29) is 55.0 Å². The number of hydrogen-bond acceptors (Lipinski definition) is 12. The van der Waals surface area contributed by atoms with Crippen LogP contribution < -0.4 is 11.1 Å². The number of ether oxygens (including phenoxy) is 5. The lowest BCUT2D eigenvalue weighted by Gasteiger charge is -2.43. The van der Waals surface area contributed by atoms with Gasteiger partial charge in [-0.25, -0.2) is 19.2 Å². The van der Waals surface area contributed by atoms with Crippen LogP contribution in [0.5, 0.6) is 0 Å². The summed E-state index contributed by atoms with van der Waals surface area (Å²) in [7, 11) is 1.04. The first-order valence-electron chi connectivity index (χ1n) is 12.4. The second-order valence-electron chi connectivity index (χ2n) is 8.50. The van der Waals surface area contributed by atoms with E-state index >= 15 is 0 Å². The largest absolute Gasteiger partial charge is 0.479 e. The van der Waals surface area contributed by atoms with Crippen LogP contribution in [0.2, 0.25) is 5.02 Å². The molecule has 3 unspecified atom stereocenters. The quantitative estimate of drug-likeness (QED) is 0.128. The first-order chi connectivity index (χ1) is 19.5. The Morgan fingerprint density at radius 3 is 2.29 bits per heavy atom. The molecule has 1 heterocycles. The highest BCUT2D eigenvalue weighted by atomic mass is 35.5. The monoisotopic (exact) mass is 600 g/mol. The second-order valence-corrected chi connectivity index (χ2v) is 8.93. The summed E-state index contributed by atoms with van der Waals surface area (Å²) < 4.78 is 27.1. The van der Waals surface area contributed by atoms with E-state index in [9.17, 15) is 34.5 Å². The fourth-order valence-corrected chi connectivity index (χ4v) is 4.35. The molecule has 6 N–H and O–H groups in total. The third-order valence-corrected chi connectivity index (χ3v) is 6.02. The number of nitrogens with two attached hydrogens (primary N) is 1. The van der Waals surface area contributed by atoms with Crippen LogP contribution in [0.25, 0.3) is 0 Å². The summed E-state index contributed by atoms with van der Waals surface area (Å²) in [5.41, 5.74) is 1.96. The van der Waals surface area contributed by atoms with E-state index in [1.165, 1.54) is 38.1 Å². The van der Waals surface area contributed by atoms with E-state index in [1.807, 2.05) is 0 Å². The number of hydrogen-bond donors (Lipinski definition) is 5. The topological polar surface area (TPSA) is 213 Å². The zero-order valence-corrected chi connectivity index (χ0v) is 23.4. The normalized spacial score (nSPS) is 18.4. The Hall–Kier alpha value is -3.53. The van der Waals surface area contributed by atoms with Gasteiger partial charge < -0.3 is 50.1 Å². The van der Waals surface area contributed by atoms with Gasteiger partial charge in [0.2, 0.25) is 0 Å². The number of halogens is 1. The fourth-order valence-electron chi connectivity index (χ4n) is 4.16. The van der Waals surface area contributed by atoms with Gasteiger partial charge in [-0.15, -0.1) is 0 Å². The van der Waals surface area contributed by atoms with E-state index in [2.05, 4.69) is 5.32 Å². The number of carboxylic acid groups (broad SMARTS) is 2. The molecule has 0 aromatic heterocycles. The van der Waals surface area contributed by atoms with Crippen LogP contribution in [0, 0.1) is 0 Å². The summed E-state index contributed by atoms with van der Waals surface area (Å²) in [4.78, 5) is 50.9. The number of carbonyl (C=O) groups excluding carboxylic acids is 2. The maximum absolute atomic E-state index is 13.6. The van der Waals surface area contributed by atoms with Gasteiger partial charge >= 0.3 is 23.9 Å². The Balaban J connectivity index is 2.95. The van der Waals surface area contributed by atoms with Crippen molar-refractivity contribution < 1.29 is 58.2 Å². The SMILES string of the molecule is CCOC(=O)C1=C(COCCOCCN)NC(C)=C(C(=O)OC)C1(OC(C(=O)O)C(O)C(=O)O)c1cccc(Cl)c1. The molecule has 0 fully saturated rings. The molecular formula is C26H33ClN2O12. The zero-order chi connectivity index (χ0) is 30.7. The molecular weight excluding hydrogens is 568 g/mol. The van der Waals surface area contributed by atoms with Crippen molar-refractivity contribution in [3.05, 3.63) is 57.4 Å². The zero-order valence-electron chi connectivity index (χ0n) is 22.7. The summed E-state index contributed by atoms with van der Waals surface area (Å²) in [5.74, 6) is -5.97. The number of rotatable bonds is 16. The first-order valence-corrected chi connectivity index (χ1v) is 12.7. The standard InChI is InChI=1S/C26H33ClN2O12/c1-4-40-25(36)19-17(13-39-11-10-38-9-8-28)29-14(2)18(24(35)37-3)26(19,15-6-5-7-16(27)12-15)41-21(23(33)34)20(30)22(31)32/h5-7,12,20-21,29-30H,4,8-11,13,28H2,1-3H3,(H,31,32)(H,33,34). The fraction of sp³-hybridized carbons (Fsp3) is 0.462. The number of nitrogens with one attached hydrogen (secondary N) is 1. The van der Waals surface area contributed by atoms with Gasteiger partial charge in [0.15, 0.2) is 17.8 Å². The summed E-state index contributed by atoms with van der Waals surface area (Å²) in [5, 5.41) is 32.7. The van der Waals surface area contributed by atoms with E-state index in [1.54, 1.807) is 0 Å². The van der Waals surface area contributed by atoms with Gasteiger partial charge in [0.05, 0.1) is 57.0 Å². The molecule has 0 bridgehead atoms. The van der Waals surface area contributed by atoms with Gasteiger partial charge in [0.25, 0.3) is 0 Å². The lowest BCUT2D eigenvalue weighted by atomic mass is 9.75. The summed E-state index contributed by atoms with van der Waals surface area (Å²) in [6, 6.07) is 5.56. The molecule has 1 aliphatic heterocycles. The lowest BCUT2D eigenvalue weighted by Crippen LogP contribution is -2.54. The van der Waals surface area contributed by atoms with Crippen molar-refractivity contribution in [1.82, 2.24) is 5.32 Å². The Morgan fingerprint density at radius 2 is 1.73 bits per heavy atom. The molecule has 0 amide bonds. The van der Waals surface area contributed by atoms with Crippen molar-refractivity contribution in [2.24, 2.45) is 5.73 Å². The number of allylic oxidation sites excluding steroid dienone is 1. The molecule has 226 valence electrons. The third kappa shape index (κ3) is 7.81. The number of aliphatic hydroxyl groups is 1. The summed E-state index contributed by atoms with van der Waals surface area (Å²) in [6.45, 7) is 3.26. The number of aliphatic carboxylic acids is 2. The molecule has 0 saturated carbocycles. The molecule has 41 heavy (non-hydrogen) atoms. The Labute approximate surface area is 240 Å². The number of dihydropyridines is 1. The summed E-state index contributed by atoms with van der Waals surface area (Å²) in [6.07, 6.45) is -5.13. The molecule has 1 aromatic rings. The molecule has 0 spiro atoms. The summed E-state index contributed by atoms with van der Waals surface area (Å²) >= 11 is 6.26. The van der Waals surface area contributed by atoms with E-state index < -0.39 is 52.8 Å². The van der Waals surface area contributed by atoms with Crippen LogP contribution in [0.1, 0.15) is 19.4 Å². The van der Waals surface area contributed by atoms with E-state index in [0.29, 0.717) is 6.54 Å². The maximum atomic E-state index is 13.6. The molecule has 15 heteroatoms. The van der Waals surface area contributed by atoms with E-state index in [0.717, 1.165) is 7.11 Å². The van der Waals surface area contributed by atoms with Crippen molar-refractivity contribution in [3.8, 4) is 0 Å². The van der Waals surface area contributed by atoms with Crippen molar-refractivity contribution in [2.45, 2.75) is 31.7 Å². The minimum atomic E-state index is -2.62. The van der Waals surface area contributed by atoms with Crippen LogP contribution in [-0.4, -0.2) is 98.1 Å². The highest BCUT2D eigenvalue weighted by Gasteiger charge is 2.56. The average Bonchev–Trinajstić information content (AvgIpc) is 2.92. The second kappa shape index (κ2) is 15.5. The molecule has 3 atom stereocenters. The molecule has 1 aliphatic rings. The number of esters is 2. The van der Waals surface area contributed by atoms with Gasteiger partial charge in [0, 0.05) is 17.3 Å². The minimum absolute atomic E-state index is 0.0126. The van der Waals surface area contributed by atoms with Crippen LogP contribution in [-0.2, 0) is 48.5 Å².